The van der Waals surface area contributed by atoms with Crippen LogP contribution in [-0.4, -0.2) is 15.2 Å². The molecule has 1 aliphatic rings. The molecule has 4 nitrogen and oxygen atoms in total. The Balaban J connectivity index is 2.56. The molecule has 1 aromatic carbocycles. The second-order valence-corrected chi connectivity index (χ2v) is 3.39. The van der Waals surface area contributed by atoms with Crippen molar-refractivity contribution in [2.45, 2.75) is 0 Å². The molecule has 2 heterocycles. The Morgan fingerprint density at radius 3 is 3.00 bits per heavy atom. The smallest absolute Gasteiger partial charge is 0.182 e. The number of aromatic hydroxyl groups is 2. The van der Waals surface area contributed by atoms with E-state index in [1.54, 1.807) is 18.5 Å². The number of phenols is 2. The number of nitrogens with zero attached hydrogens (tertiary/aromatic N) is 1. The molecule has 3 N–H and O–H groups in total. The maximum atomic E-state index is 9.68. The van der Waals surface area contributed by atoms with Gasteiger partial charge in [0.1, 0.15) is 0 Å². The van der Waals surface area contributed by atoms with Gasteiger partial charge in [0.05, 0.1) is 11.4 Å². The van der Waals surface area contributed by atoms with Crippen molar-refractivity contribution in [2.75, 3.05) is 5.32 Å². The minimum atomic E-state index is -0.138. The zero-order chi connectivity index (χ0) is 10.4. The fourth-order valence-electron chi connectivity index (χ4n) is 1.82. The number of hydrogen-bond acceptors (Lipinski definition) is 4. The summed E-state index contributed by atoms with van der Waals surface area (Å²) in [5.74, 6) is -0.265. The molecule has 0 spiro atoms. The molecule has 0 saturated heterocycles. The first-order chi connectivity index (χ1) is 7.27. The van der Waals surface area contributed by atoms with Gasteiger partial charge in [-0.2, -0.15) is 0 Å². The van der Waals surface area contributed by atoms with Crippen molar-refractivity contribution >= 4 is 22.5 Å². The Kier molecular flexibility index (Phi) is 1.42. The van der Waals surface area contributed by atoms with Gasteiger partial charge in [-0.15, -0.1) is 0 Å². The van der Waals surface area contributed by atoms with Crippen LogP contribution in [0.5, 0.6) is 11.5 Å². The Morgan fingerprint density at radius 1 is 1.27 bits per heavy atom. The van der Waals surface area contributed by atoms with Crippen LogP contribution in [0.2, 0.25) is 0 Å². The van der Waals surface area contributed by atoms with Crippen molar-refractivity contribution in [2.24, 2.45) is 0 Å². The Morgan fingerprint density at radius 2 is 2.13 bits per heavy atom. The lowest BCUT2D eigenvalue weighted by atomic mass is 10.0. The highest BCUT2D eigenvalue weighted by Crippen LogP contribution is 2.42. The molecule has 2 aromatic rings. The summed E-state index contributed by atoms with van der Waals surface area (Å²) in [6.45, 7) is 0. The minimum absolute atomic E-state index is 0.127. The molecule has 0 radical (unpaired) electrons. The number of phenolic OH excluding ortho intramolecular Hbond substituents is 2. The molecule has 0 atom stereocenters. The van der Waals surface area contributed by atoms with Gasteiger partial charge in [-0.05, 0) is 23.6 Å². The summed E-state index contributed by atoms with van der Waals surface area (Å²) in [6, 6.07) is 3.32. The zero-order valence-electron chi connectivity index (χ0n) is 7.73. The maximum Gasteiger partial charge on any atom is 0.182 e. The highest BCUT2D eigenvalue weighted by molar-refractivity contribution is 6.04. The molecule has 4 heteroatoms. The molecule has 15 heavy (non-hydrogen) atoms. The van der Waals surface area contributed by atoms with Crippen LogP contribution < -0.4 is 5.32 Å². The predicted molar refractivity (Wildman–Crippen MR) is 57.7 cm³/mol. The summed E-state index contributed by atoms with van der Waals surface area (Å²) in [6.07, 6.45) is 5.18. The van der Waals surface area contributed by atoms with Crippen LogP contribution in [0.4, 0.5) is 5.69 Å². The number of anilines is 1. The average molecular weight is 200 g/mol. The molecule has 74 valence electrons. The summed E-state index contributed by atoms with van der Waals surface area (Å²) in [7, 11) is 0. The molecule has 0 saturated carbocycles. The predicted octanol–water partition coefficient (Wildman–Crippen LogP) is 2.04. The number of pyridine rings is 1. The van der Waals surface area contributed by atoms with Crippen molar-refractivity contribution in [1.82, 2.24) is 4.98 Å². The Hall–Kier alpha value is -2.23. The van der Waals surface area contributed by atoms with Gasteiger partial charge in [0.15, 0.2) is 11.5 Å². The molecular formula is C11H8N2O2. The van der Waals surface area contributed by atoms with E-state index in [0.29, 0.717) is 5.69 Å². The van der Waals surface area contributed by atoms with Crippen molar-refractivity contribution in [3.05, 3.63) is 30.2 Å². The molecule has 0 aliphatic carbocycles. The highest BCUT2D eigenvalue weighted by Gasteiger charge is 2.16. The van der Waals surface area contributed by atoms with E-state index in [1.807, 2.05) is 6.08 Å². The summed E-state index contributed by atoms with van der Waals surface area (Å²) in [5.41, 5.74) is 1.30. The van der Waals surface area contributed by atoms with Gasteiger partial charge in [0.2, 0.25) is 0 Å². The van der Waals surface area contributed by atoms with Crippen LogP contribution in [0.1, 0.15) is 5.69 Å². The topological polar surface area (TPSA) is 65.4 Å². The van der Waals surface area contributed by atoms with E-state index in [4.69, 9.17) is 0 Å². The van der Waals surface area contributed by atoms with Gasteiger partial charge >= 0.3 is 0 Å². The number of hydrogen-bond donors (Lipinski definition) is 3. The number of nitrogens with one attached hydrogen (secondary N) is 1. The van der Waals surface area contributed by atoms with Gasteiger partial charge in [0, 0.05) is 17.8 Å². The van der Waals surface area contributed by atoms with E-state index in [9.17, 15) is 10.2 Å². The second-order valence-electron chi connectivity index (χ2n) is 3.39. The monoisotopic (exact) mass is 200 g/mol. The Bertz CT molecular complexity index is 591. The lowest BCUT2D eigenvalue weighted by Gasteiger charge is -2.15. The van der Waals surface area contributed by atoms with E-state index < -0.39 is 0 Å². The van der Waals surface area contributed by atoms with E-state index >= 15 is 0 Å². The van der Waals surface area contributed by atoms with Crippen LogP contribution in [0.25, 0.3) is 16.8 Å². The lowest BCUT2D eigenvalue weighted by Crippen LogP contribution is -1.98. The lowest BCUT2D eigenvalue weighted by molar-refractivity contribution is 0.406. The first-order valence-corrected chi connectivity index (χ1v) is 4.54. The third-order valence-electron chi connectivity index (χ3n) is 2.50. The molecule has 0 amide bonds. The number of benzene rings is 1. The van der Waals surface area contributed by atoms with Crippen LogP contribution in [-0.2, 0) is 0 Å². The number of rotatable bonds is 0. The fourth-order valence-corrected chi connectivity index (χ4v) is 1.82. The number of aromatic nitrogens is 1. The van der Waals surface area contributed by atoms with Crippen LogP contribution in [0.15, 0.2) is 24.5 Å². The normalized spacial score (nSPS) is 12.8. The molecule has 0 unspecified atom stereocenters. The van der Waals surface area contributed by atoms with Crippen molar-refractivity contribution in [3.8, 4) is 11.5 Å². The summed E-state index contributed by atoms with van der Waals surface area (Å²) < 4.78 is 0. The molecule has 3 rings (SSSR count). The summed E-state index contributed by atoms with van der Waals surface area (Å²) in [5, 5.41) is 23.8. The van der Waals surface area contributed by atoms with Crippen molar-refractivity contribution < 1.29 is 10.2 Å². The first kappa shape index (κ1) is 8.11. The molecule has 1 aromatic heterocycles. The molecule has 0 bridgehead atoms. The van der Waals surface area contributed by atoms with Gasteiger partial charge in [-0.3, -0.25) is 4.98 Å². The maximum absolute atomic E-state index is 9.68. The SMILES string of the molecule is Oc1cc2ccnc3c2c(c1O)NC=C3. The average Bonchev–Trinajstić information content (AvgIpc) is 2.26. The molecule has 1 aliphatic heterocycles. The third kappa shape index (κ3) is 0.985. The quantitative estimate of drug-likeness (QED) is 0.569. The highest BCUT2D eigenvalue weighted by atomic mass is 16.3. The van der Waals surface area contributed by atoms with Crippen LogP contribution >= 0.6 is 0 Å². The summed E-state index contributed by atoms with van der Waals surface area (Å²) >= 11 is 0. The van der Waals surface area contributed by atoms with Gasteiger partial charge < -0.3 is 15.5 Å². The first-order valence-electron chi connectivity index (χ1n) is 4.54. The molecule has 0 fully saturated rings. The van der Waals surface area contributed by atoms with Crippen molar-refractivity contribution in [3.63, 3.8) is 0 Å². The largest absolute Gasteiger partial charge is 0.504 e. The second kappa shape index (κ2) is 2.63. The van der Waals surface area contributed by atoms with E-state index in [2.05, 4.69) is 10.3 Å². The molecular weight excluding hydrogens is 192 g/mol. The van der Waals surface area contributed by atoms with Gasteiger partial charge in [0.25, 0.3) is 0 Å². The fraction of sp³-hybridized carbons (Fsp3) is 0. The van der Waals surface area contributed by atoms with E-state index in [-0.39, 0.29) is 11.5 Å². The van der Waals surface area contributed by atoms with E-state index in [0.717, 1.165) is 16.5 Å². The standard InChI is InChI=1S/C11H8N2O2/c14-8-5-6-1-3-12-7-2-4-13-10(9(6)7)11(8)15/h1-5,13-15H. The van der Waals surface area contributed by atoms with Gasteiger partial charge in [-0.25, -0.2) is 0 Å². The summed E-state index contributed by atoms with van der Waals surface area (Å²) in [4.78, 5) is 4.19. The minimum Gasteiger partial charge on any atom is -0.504 e. The van der Waals surface area contributed by atoms with Gasteiger partial charge in [-0.1, -0.05) is 0 Å². The van der Waals surface area contributed by atoms with Crippen LogP contribution in [0, 0.1) is 0 Å². The van der Waals surface area contributed by atoms with Crippen LogP contribution in [0.3, 0.4) is 0 Å². The van der Waals surface area contributed by atoms with Crippen molar-refractivity contribution in [1.29, 1.82) is 0 Å². The zero-order valence-corrected chi connectivity index (χ0v) is 7.73. The Labute approximate surface area is 85.5 Å². The third-order valence-corrected chi connectivity index (χ3v) is 2.50. The van der Waals surface area contributed by atoms with E-state index in [1.165, 1.54) is 6.07 Å².